The summed E-state index contributed by atoms with van der Waals surface area (Å²) in [7, 11) is 1.50. The fraction of sp³-hybridized carbons (Fsp3) is 0.529. The Morgan fingerprint density at radius 3 is 3.04 bits per heavy atom. The molecule has 2 heterocycles. The summed E-state index contributed by atoms with van der Waals surface area (Å²) in [5.74, 6) is -1.25. The van der Waals surface area contributed by atoms with E-state index < -0.39 is 11.9 Å². The lowest BCUT2D eigenvalue weighted by Crippen LogP contribution is -2.47. The highest BCUT2D eigenvalue weighted by molar-refractivity contribution is 6.23. The van der Waals surface area contributed by atoms with Crippen LogP contribution in [0.1, 0.15) is 12.8 Å². The maximum absolute atomic E-state index is 12.4. The van der Waals surface area contributed by atoms with E-state index in [9.17, 15) is 14.4 Å². The van der Waals surface area contributed by atoms with E-state index in [1.165, 1.54) is 13.2 Å². The van der Waals surface area contributed by atoms with E-state index in [1.54, 1.807) is 12.2 Å². The van der Waals surface area contributed by atoms with Crippen molar-refractivity contribution in [2.24, 2.45) is 10.9 Å². The zero-order valence-corrected chi connectivity index (χ0v) is 14.1. The van der Waals surface area contributed by atoms with E-state index in [-0.39, 0.29) is 31.1 Å². The largest absolute Gasteiger partial charge is 0.383 e. The Balaban J connectivity index is 1.67. The number of fused-ring (bicyclic) bond motifs is 1. The fourth-order valence-corrected chi connectivity index (χ4v) is 2.98. The van der Waals surface area contributed by atoms with Crippen molar-refractivity contribution in [1.29, 1.82) is 0 Å². The molecule has 1 fully saturated rings. The molecule has 0 aromatic rings. The second-order valence-electron chi connectivity index (χ2n) is 6.08. The number of hydrogen-bond donors (Lipinski definition) is 1. The summed E-state index contributed by atoms with van der Waals surface area (Å²) in [5, 5.41) is 2.81. The van der Waals surface area contributed by atoms with Crippen LogP contribution in [0.4, 0.5) is 4.79 Å². The standard InChI is InChI=1S/C17H21N3O5/c1-24-8-6-20-16(22)13-5-4-11(9-14(13)19-17(20)23)15(21)18-10-12-3-2-7-25-12/h4-5,9,12-13H,2-3,6-8,10H2,1H3,(H,18,21). The van der Waals surface area contributed by atoms with Gasteiger partial charge in [0.05, 0.1) is 30.9 Å². The molecule has 2 atom stereocenters. The van der Waals surface area contributed by atoms with Gasteiger partial charge in [-0.3, -0.25) is 14.5 Å². The molecule has 8 heteroatoms. The molecule has 0 aromatic carbocycles. The molecule has 2 unspecified atom stereocenters. The predicted octanol–water partition coefficient (Wildman–Crippen LogP) is 0.444. The molecular weight excluding hydrogens is 326 g/mol. The fourth-order valence-electron chi connectivity index (χ4n) is 2.98. The van der Waals surface area contributed by atoms with Crippen LogP contribution in [-0.4, -0.2) is 68.0 Å². The first kappa shape index (κ1) is 17.5. The van der Waals surface area contributed by atoms with Crippen LogP contribution >= 0.6 is 0 Å². The van der Waals surface area contributed by atoms with Gasteiger partial charge in [-0.15, -0.1) is 0 Å². The molecule has 3 aliphatic rings. The van der Waals surface area contributed by atoms with Gasteiger partial charge in [-0.1, -0.05) is 12.2 Å². The second-order valence-corrected chi connectivity index (χ2v) is 6.08. The van der Waals surface area contributed by atoms with Crippen LogP contribution in [0.3, 0.4) is 0 Å². The molecule has 3 rings (SSSR count). The molecular formula is C17H21N3O5. The summed E-state index contributed by atoms with van der Waals surface area (Å²) in [6.07, 6.45) is 6.69. The van der Waals surface area contributed by atoms with Gasteiger partial charge in [0, 0.05) is 25.8 Å². The Labute approximate surface area is 145 Å². The number of carbonyl (C=O) groups is 3. The van der Waals surface area contributed by atoms with Crippen molar-refractivity contribution in [3.05, 3.63) is 23.8 Å². The predicted molar refractivity (Wildman–Crippen MR) is 89.1 cm³/mol. The molecule has 0 bridgehead atoms. The first-order valence-electron chi connectivity index (χ1n) is 8.32. The molecule has 2 aliphatic heterocycles. The van der Waals surface area contributed by atoms with E-state index in [0.717, 1.165) is 24.3 Å². The Hall–Kier alpha value is -2.32. The number of nitrogens with one attached hydrogen (secondary N) is 1. The summed E-state index contributed by atoms with van der Waals surface area (Å²) < 4.78 is 10.4. The first-order chi connectivity index (χ1) is 12.1. The lowest BCUT2D eigenvalue weighted by Gasteiger charge is -2.28. The Kier molecular flexibility index (Phi) is 5.40. The van der Waals surface area contributed by atoms with Gasteiger partial charge in [0.1, 0.15) is 0 Å². The van der Waals surface area contributed by atoms with Crippen LogP contribution in [0.2, 0.25) is 0 Å². The number of rotatable bonds is 6. The molecule has 8 nitrogen and oxygen atoms in total. The van der Waals surface area contributed by atoms with E-state index in [2.05, 4.69) is 10.3 Å². The quantitative estimate of drug-likeness (QED) is 0.752. The Morgan fingerprint density at radius 2 is 2.32 bits per heavy atom. The number of allylic oxidation sites excluding steroid dienone is 1. The van der Waals surface area contributed by atoms with Crippen molar-refractivity contribution in [3.8, 4) is 0 Å². The second kappa shape index (κ2) is 7.71. The maximum Gasteiger partial charge on any atom is 0.350 e. The van der Waals surface area contributed by atoms with Crippen LogP contribution in [0.25, 0.3) is 0 Å². The molecule has 1 saturated heterocycles. The molecule has 0 radical (unpaired) electrons. The number of imide groups is 1. The van der Waals surface area contributed by atoms with Gasteiger partial charge in [-0.2, -0.15) is 4.99 Å². The summed E-state index contributed by atoms with van der Waals surface area (Å²) in [5.41, 5.74) is 0.673. The summed E-state index contributed by atoms with van der Waals surface area (Å²) in [6, 6.07) is -0.626. The van der Waals surface area contributed by atoms with Gasteiger partial charge >= 0.3 is 6.03 Å². The van der Waals surface area contributed by atoms with E-state index in [1.807, 2.05) is 0 Å². The van der Waals surface area contributed by atoms with Gasteiger partial charge in [-0.05, 0) is 18.9 Å². The lowest BCUT2D eigenvalue weighted by atomic mass is 9.91. The van der Waals surface area contributed by atoms with Crippen molar-refractivity contribution in [2.75, 3.05) is 33.4 Å². The first-order valence-corrected chi connectivity index (χ1v) is 8.32. The highest BCUT2D eigenvalue weighted by Gasteiger charge is 2.36. The SMILES string of the molecule is COCCN1C(=O)N=C2C=C(C(=O)NCC3CCCO3)C=CC2C1=O. The van der Waals surface area contributed by atoms with Crippen molar-refractivity contribution in [3.63, 3.8) is 0 Å². The van der Waals surface area contributed by atoms with Crippen molar-refractivity contribution < 1.29 is 23.9 Å². The summed E-state index contributed by atoms with van der Waals surface area (Å²) >= 11 is 0. The number of amides is 4. The third kappa shape index (κ3) is 3.85. The van der Waals surface area contributed by atoms with Crippen LogP contribution < -0.4 is 5.32 Å². The molecule has 0 aromatic heterocycles. The molecule has 1 N–H and O–H groups in total. The summed E-state index contributed by atoms with van der Waals surface area (Å²) in [6.45, 7) is 1.59. The lowest BCUT2D eigenvalue weighted by molar-refractivity contribution is -0.130. The average Bonchev–Trinajstić information content (AvgIpc) is 3.12. The number of hydrogen-bond acceptors (Lipinski definition) is 5. The van der Waals surface area contributed by atoms with E-state index in [4.69, 9.17) is 9.47 Å². The Morgan fingerprint density at radius 1 is 1.48 bits per heavy atom. The zero-order chi connectivity index (χ0) is 17.8. The minimum atomic E-state index is -0.635. The number of urea groups is 1. The Bertz CT molecular complexity index is 661. The molecule has 4 amide bonds. The molecule has 0 saturated carbocycles. The highest BCUT2D eigenvalue weighted by Crippen LogP contribution is 2.22. The van der Waals surface area contributed by atoms with E-state index >= 15 is 0 Å². The van der Waals surface area contributed by atoms with Crippen molar-refractivity contribution in [2.45, 2.75) is 18.9 Å². The van der Waals surface area contributed by atoms with Gasteiger partial charge < -0.3 is 14.8 Å². The minimum absolute atomic E-state index is 0.0504. The van der Waals surface area contributed by atoms with Crippen LogP contribution in [0.5, 0.6) is 0 Å². The monoisotopic (exact) mass is 347 g/mol. The van der Waals surface area contributed by atoms with Gasteiger partial charge in [0.25, 0.3) is 5.91 Å². The molecule has 134 valence electrons. The number of methoxy groups -OCH3 is 1. The molecule has 0 spiro atoms. The van der Waals surface area contributed by atoms with Crippen LogP contribution in [0.15, 0.2) is 28.8 Å². The third-order valence-corrected chi connectivity index (χ3v) is 4.37. The summed E-state index contributed by atoms with van der Waals surface area (Å²) in [4.78, 5) is 41.7. The van der Waals surface area contributed by atoms with Crippen molar-refractivity contribution in [1.82, 2.24) is 10.2 Å². The molecule has 1 aliphatic carbocycles. The normalized spacial score (nSPS) is 25.6. The van der Waals surface area contributed by atoms with Crippen LogP contribution in [-0.2, 0) is 19.1 Å². The number of aliphatic imine (C=N–C) groups is 1. The smallest absolute Gasteiger partial charge is 0.350 e. The van der Waals surface area contributed by atoms with Gasteiger partial charge in [-0.25, -0.2) is 4.79 Å². The topological polar surface area (TPSA) is 97.3 Å². The number of nitrogens with zero attached hydrogens (tertiary/aromatic N) is 2. The van der Waals surface area contributed by atoms with Crippen LogP contribution in [0, 0.1) is 5.92 Å². The third-order valence-electron chi connectivity index (χ3n) is 4.37. The minimum Gasteiger partial charge on any atom is -0.383 e. The zero-order valence-electron chi connectivity index (χ0n) is 14.1. The molecule has 25 heavy (non-hydrogen) atoms. The van der Waals surface area contributed by atoms with E-state index in [0.29, 0.717) is 17.8 Å². The van der Waals surface area contributed by atoms with Gasteiger partial charge in [0.15, 0.2) is 0 Å². The number of carbonyl (C=O) groups excluding carboxylic acids is 3. The van der Waals surface area contributed by atoms with Gasteiger partial charge in [0.2, 0.25) is 5.91 Å². The average molecular weight is 347 g/mol. The number of ether oxygens (including phenoxy) is 2. The maximum atomic E-state index is 12.4. The highest BCUT2D eigenvalue weighted by atomic mass is 16.5. The van der Waals surface area contributed by atoms with Crippen molar-refractivity contribution >= 4 is 23.6 Å².